The van der Waals surface area contributed by atoms with E-state index in [4.69, 9.17) is 5.73 Å². The number of rotatable bonds is 5. The second kappa shape index (κ2) is 4.93. The Bertz CT molecular complexity index is 342. The molecule has 1 fully saturated rings. The Morgan fingerprint density at radius 2 is 2.31 bits per heavy atom. The van der Waals surface area contributed by atoms with Crippen molar-refractivity contribution in [2.45, 2.75) is 51.1 Å². The summed E-state index contributed by atoms with van der Waals surface area (Å²) in [6.07, 6.45) is 4.53. The van der Waals surface area contributed by atoms with Gasteiger partial charge < -0.3 is 10.8 Å². The molecule has 1 atom stereocenters. The summed E-state index contributed by atoms with van der Waals surface area (Å²) >= 11 is 0. The maximum atomic E-state index is 9.34. The van der Waals surface area contributed by atoms with Crippen molar-refractivity contribution < 1.29 is 5.11 Å². The van der Waals surface area contributed by atoms with E-state index in [0.717, 1.165) is 17.8 Å². The van der Waals surface area contributed by atoms with Gasteiger partial charge in [-0.1, -0.05) is 18.6 Å². The van der Waals surface area contributed by atoms with Gasteiger partial charge in [-0.3, -0.25) is 0 Å². The lowest BCUT2D eigenvalue weighted by molar-refractivity contribution is 0.205. The largest absolute Gasteiger partial charge is 0.394 e. The smallest absolute Gasteiger partial charge is 0.0997 e. The molecule has 0 radical (unpaired) electrons. The molecule has 0 saturated heterocycles. The fourth-order valence-corrected chi connectivity index (χ4v) is 2.23. The Morgan fingerprint density at radius 1 is 1.56 bits per heavy atom. The van der Waals surface area contributed by atoms with Crippen LogP contribution in [0, 0.1) is 0 Å². The van der Waals surface area contributed by atoms with Crippen molar-refractivity contribution in [3.63, 3.8) is 0 Å². The fourth-order valence-electron chi connectivity index (χ4n) is 2.23. The summed E-state index contributed by atoms with van der Waals surface area (Å²) in [7, 11) is 0. The van der Waals surface area contributed by atoms with Crippen molar-refractivity contribution in [1.82, 2.24) is 15.0 Å². The monoisotopic (exact) mass is 224 g/mol. The number of nitrogens with two attached hydrogens (primary N) is 1. The second-order valence-corrected chi connectivity index (χ2v) is 4.44. The summed E-state index contributed by atoms with van der Waals surface area (Å²) < 4.78 is 1.89. The Balaban J connectivity index is 2.32. The summed E-state index contributed by atoms with van der Waals surface area (Å²) in [4.78, 5) is 0. The minimum atomic E-state index is 0.0448. The topological polar surface area (TPSA) is 77.0 Å². The molecule has 1 unspecified atom stereocenters. The van der Waals surface area contributed by atoms with Gasteiger partial charge in [-0.05, 0) is 19.3 Å². The first-order valence-electron chi connectivity index (χ1n) is 6.06. The Kier molecular flexibility index (Phi) is 3.56. The van der Waals surface area contributed by atoms with Gasteiger partial charge in [0.25, 0.3) is 0 Å². The third-order valence-corrected chi connectivity index (χ3v) is 3.52. The molecular formula is C11H20N4O. The maximum Gasteiger partial charge on any atom is 0.0997 e. The average molecular weight is 224 g/mol. The van der Waals surface area contributed by atoms with Gasteiger partial charge in [0.15, 0.2) is 0 Å². The lowest BCUT2D eigenvalue weighted by Crippen LogP contribution is -2.22. The van der Waals surface area contributed by atoms with Gasteiger partial charge in [-0.2, -0.15) is 0 Å². The highest BCUT2D eigenvalue weighted by molar-refractivity contribution is 5.18. The van der Waals surface area contributed by atoms with E-state index in [1.807, 2.05) is 4.68 Å². The van der Waals surface area contributed by atoms with Crippen LogP contribution in [-0.4, -0.2) is 26.7 Å². The molecule has 2 rings (SSSR count). The van der Waals surface area contributed by atoms with Gasteiger partial charge in [0.2, 0.25) is 0 Å². The zero-order valence-electron chi connectivity index (χ0n) is 9.76. The zero-order chi connectivity index (χ0) is 11.5. The molecule has 0 amide bonds. The molecule has 16 heavy (non-hydrogen) atoms. The number of hydrogen-bond donors (Lipinski definition) is 2. The molecule has 0 aliphatic heterocycles. The zero-order valence-corrected chi connectivity index (χ0v) is 9.76. The number of hydrogen-bond acceptors (Lipinski definition) is 4. The van der Waals surface area contributed by atoms with Crippen LogP contribution in [0.4, 0.5) is 0 Å². The van der Waals surface area contributed by atoms with Crippen molar-refractivity contribution in [1.29, 1.82) is 0 Å². The predicted octanol–water partition coefficient (Wildman–Crippen LogP) is 0.948. The van der Waals surface area contributed by atoms with Crippen molar-refractivity contribution in [2.75, 3.05) is 6.61 Å². The van der Waals surface area contributed by atoms with Crippen molar-refractivity contribution in [3.8, 4) is 0 Å². The van der Waals surface area contributed by atoms with Crippen molar-refractivity contribution >= 4 is 0 Å². The van der Waals surface area contributed by atoms with Crippen molar-refractivity contribution in [2.24, 2.45) is 5.73 Å². The van der Waals surface area contributed by atoms with E-state index < -0.39 is 0 Å². The van der Waals surface area contributed by atoms with Crippen LogP contribution in [0.5, 0.6) is 0 Å². The molecule has 0 spiro atoms. The highest BCUT2D eigenvalue weighted by Gasteiger charge is 2.29. The standard InChI is InChI=1S/C11H20N4O/c1-2-9(7-16)15-11(8-4-3-5-8)10(6-12)13-14-15/h8-9,16H,2-7,12H2,1H3. The molecule has 1 aromatic rings. The first-order chi connectivity index (χ1) is 7.81. The van der Waals surface area contributed by atoms with Crippen LogP contribution in [0.1, 0.15) is 56.0 Å². The van der Waals surface area contributed by atoms with Gasteiger partial charge in [-0.15, -0.1) is 5.10 Å². The third kappa shape index (κ3) is 1.85. The normalized spacial score (nSPS) is 18.4. The molecule has 1 aliphatic rings. The van der Waals surface area contributed by atoms with E-state index in [0.29, 0.717) is 12.5 Å². The third-order valence-electron chi connectivity index (χ3n) is 3.52. The molecule has 5 heteroatoms. The van der Waals surface area contributed by atoms with Gasteiger partial charge in [0.05, 0.1) is 24.0 Å². The summed E-state index contributed by atoms with van der Waals surface area (Å²) in [6.45, 7) is 2.60. The molecule has 3 N–H and O–H groups in total. The van der Waals surface area contributed by atoms with E-state index in [9.17, 15) is 5.11 Å². The van der Waals surface area contributed by atoms with Crippen LogP contribution < -0.4 is 5.73 Å². The van der Waals surface area contributed by atoms with E-state index in [2.05, 4.69) is 17.2 Å². The summed E-state index contributed by atoms with van der Waals surface area (Å²) in [5, 5.41) is 17.6. The minimum absolute atomic E-state index is 0.0448. The van der Waals surface area contributed by atoms with Crippen LogP contribution in [0.15, 0.2) is 0 Å². The lowest BCUT2D eigenvalue weighted by atomic mass is 9.82. The Hall–Kier alpha value is -0.940. The van der Waals surface area contributed by atoms with E-state index in [-0.39, 0.29) is 12.6 Å². The molecule has 1 heterocycles. The van der Waals surface area contributed by atoms with E-state index >= 15 is 0 Å². The number of nitrogens with zero attached hydrogens (tertiary/aromatic N) is 3. The Morgan fingerprint density at radius 3 is 2.75 bits per heavy atom. The van der Waals surface area contributed by atoms with E-state index in [1.165, 1.54) is 19.3 Å². The summed E-state index contributed by atoms with van der Waals surface area (Å²) in [5.41, 5.74) is 7.75. The maximum absolute atomic E-state index is 9.34. The molecule has 1 saturated carbocycles. The van der Waals surface area contributed by atoms with Crippen LogP contribution in [0.2, 0.25) is 0 Å². The first kappa shape index (κ1) is 11.5. The number of aliphatic hydroxyl groups excluding tert-OH is 1. The number of aliphatic hydroxyl groups is 1. The van der Waals surface area contributed by atoms with Gasteiger partial charge in [0, 0.05) is 12.5 Å². The average Bonchev–Trinajstić information content (AvgIpc) is 2.62. The predicted molar refractivity (Wildman–Crippen MR) is 60.9 cm³/mol. The summed E-state index contributed by atoms with van der Waals surface area (Å²) in [6, 6.07) is 0.0448. The second-order valence-electron chi connectivity index (χ2n) is 4.44. The summed E-state index contributed by atoms with van der Waals surface area (Å²) in [5.74, 6) is 0.550. The van der Waals surface area contributed by atoms with Crippen LogP contribution in [-0.2, 0) is 6.54 Å². The first-order valence-corrected chi connectivity index (χ1v) is 6.06. The van der Waals surface area contributed by atoms with E-state index in [1.54, 1.807) is 0 Å². The molecule has 0 bridgehead atoms. The van der Waals surface area contributed by atoms with Crippen LogP contribution in [0.25, 0.3) is 0 Å². The molecular weight excluding hydrogens is 204 g/mol. The molecule has 90 valence electrons. The van der Waals surface area contributed by atoms with Gasteiger partial charge in [-0.25, -0.2) is 4.68 Å². The molecule has 5 nitrogen and oxygen atoms in total. The molecule has 1 aliphatic carbocycles. The molecule has 0 aromatic carbocycles. The SMILES string of the molecule is CCC(CO)n1nnc(CN)c1C1CCC1. The fraction of sp³-hybridized carbons (Fsp3) is 0.818. The molecule has 1 aromatic heterocycles. The highest BCUT2D eigenvalue weighted by Crippen LogP contribution is 2.38. The van der Waals surface area contributed by atoms with Crippen LogP contribution in [0.3, 0.4) is 0 Å². The highest BCUT2D eigenvalue weighted by atomic mass is 16.3. The van der Waals surface area contributed by atoms with Gasteiger partial charge in [0.1, 0.15) is 0 Å². The minimum Gasteiger partial charge on any atom is -0.394 e. The Labute approximate surface area is 95.6 Å². The number of aromatic nitrogens is 3. The van der Waals surface area contributed by atoms with Crippen molar-refractivity contribution in [3.05, 3.63) is 11.4 Å². The lowest BCUT2D eigenvalue weighted by Gasteiger charge is -2.28. The van der Waals surface area contributed by atoms with Gasteiger partial charge >= 0.3 is 0 Å². The van der Waals surface area contributed by atoms with Crippen LogP contribution >= 0.6 is 0 Å². The quantitative estimate of drug-likeness (QED) is 0.780.